The molecule has 2 heterocycles. The molecule has 0 saturated carbocycles. The fraction of sp³-hybridized carbons (Fsp3) is 0.385. The average Bonchev–Trinajstić information content (AvgIpc) is 2.67. The second-order valence-corrected chi connectivity index (χ2v) is 6.10. The monoisotopic (exact) mass is 381 g/mol. The first-order valence-electron chi connectivity index (χ1n) is 5.86. The summed E-state index contributed by atoms with van der Waals surface area (Å²) in [6, 6.07) is 5.48. The van der Waals surface area contributed by atoms with Gasteiger partial charge in [-0.25, -0.2) is 0 Å². The molecule has 0 spiro atoms. The Morgan fingerprint density at radius 2 is 2.11 bits per heavy atom. The maximum absolute atomic E-state index is 13.3. The standard InChI is InChI=1S/C13H11F3INO/c1-12(13(14,15)16)11-9(4-5-18-12)8-3-2-7(17)6-10(8)19-11/h2-3,6,18H,4-5H2,1H3. The molecule has 1 aliphatic rings. The second kappa shape index (κ2) is 4.12. The van der Waals surface area contributed by atoms with Gasteiger partial charge in [-0.1, -0.05) is 0 Å². The highest BCUT2D eigenvalue weighted by Crippen LogP contribution is 2.45. The van der Waals surface area contributed by atoms with Gasteiger partial charge in [-0.05, 0) is 54.1 Å². The minimum Gasteiger partial charge on any atom is -0.458 e. The zero-order valence-corrected chi connectivity index (χ0v) is 12.2. The van der Waals surface area contributed by atoms with E-state index >= 15 is 0 Å². The first-order valence-corrected chi connectivity index (χ1v) is 6.94. The Morgan fingerprint density at radius 1 is 1.37 bits per heavy atom. The fourth-order valence-electron chi connectivity index (χ4n) is 2.52. The van der Waals surface area contributed by atoms with Gasteiger partial charge in [-0.3, -0.25) is 5.32 Å². The van der Waals surface area contributed by atoms with E-state index in [1.54, 1.807) is 6.07 Å². The van der Waals surface area contributed by atoms with Crippen molar-refractivity contribution in [2.24, 2.45) is 0 Å². The number of halogens is 4. The van der Waals surface area contributed by atoms with E-state index in [2.05, 4.69) is 27.9 Å². The normalized spacial score (nSPS) is 23.6. The molecule has 1 aliphatic heterocycles. The molecule has 1 unspecified atom stereocenters. The molecule has 19 heavy (non-hydrogen) atoms. The SMILES string of the molecule is CC1(C(F)(F)F)NCCc2c1oc1cc(I)ccc21. The van der Waals surface area contributed by atoms with Gasteiger partial charge >= 0.3 is 6.18 Å². The number of benzene rings is 1. The van der Waals surface area contributed by atoms with Crippen molar-refractivity contribution in [2.75, 3.05) is 6.54 Å². The lowest BCUT2D eigenvalue weighted by Crippen LogP contribution is -2.54. The van der Waals surface area contributed by atoms with Crippen molar-refractivity contribution in [1.29, 1.82) is 0 Å². The third-order valence-corrected chi connectivity index (χ3v) is 4.30. The van der Waals surface area contributed by atoms with E-state index in [0.717, 1.165) is 15.9 Å². The molecule has 0 fully saturated rings. The van der Waals surface area contributed by atoms with Crippen LogP contribution in [0.1, 0.15) is 18.2 Å². The number of fused-ring (bicyclic) bond motifs is 3. The Labute approximate surface area is 121 Å². The molecule has 2 aromatic rings. The summed E-state index contributed by atoms with van der Waals surface area (Å²) in [5.41, 5.74) is -0.911. The number of furan rings is 1. The predicted molar refractivity (Wildman–Crippen MR) is 74.0 cm³/mol. The largest absolute Gasteiger partial charge is 0.458 e. The van der Waals surface area contributed by atoms with Crippen LogP contribution in [-0.4, -0.2) is 12.7 Å². The second-order valence-electron chi connectivity index (χ2n) is 4.85. The van der Waals surface area contributed by atoms with E-state index in [1.807, 2.05) is 12.1 Å². The smallest absolute Gasteiger partial charge is 0.413 e. The fourth-order valence-corrected chi connectivity index (χ4v) is 2.99. The molecular weight excluding hydrogens is 370 g/mol. The van der Waals surface area contributed by atoms with Crippen LogP contribution in [0.2, 0.25) is 0 Å². The molecule has 1 aromatic carbocycles. The minimum absolute atomic E-state index is 0.00301. The van der Waals surface area contributed by atoms with Crippen molar-refractivity contribution in [3.05, 3.63) is 33.1 Å². The van der Waals surface area contributed by atoms with E-state index in [4.69, 9.17) is 4.42 Å². The summed E-state index contributed by atoms with van der Waals surface area (Å²) in [7, 11) is 0. The third-order valence-electron chi connectivity index (χ3n) is 3.63. The number of nitrogens with one attached hydrogen (secondary N) is 1. The van der Waals surface area contributed by atoms with Crippen LogP contribution in [0.4, 0.5) is 13.2 Å². The maximum Gasteiger partial charge on any atom is 0.413 e. The van der Waals surface area contributed by atoms with Gasteiger partial charge < -0.3 is 4.42 Å². The van der Waals surface area contributed by atoms with Gasteiger partial charge in [0.25, 0.3) is 0 Å². The highest BCUT2D eigenvalue weighted by molar-refractivity contribution is 14.1. The van der Waals surface area contributed by atoms with Gasteiger partial charge in [0.2, 0.25) is 0 Å². The topological polar surface area (TPSA) is 25.2 Å². The van der Waals surface area contributed by atoms with Crippen molar-refractivity contribution in [2.45, 2.75) is 25.1 Å². The number of rotatable bonds is 0. The van der Waals surface area contributed by atoms with Gasteiger partial charge in [0.15, 0.2) is 5.54 Å². The molecule has 1 aromatic heterocycles. The molecule has 3 rings (SSSR count). The molecule has 0 bridgehead atoms. The highest BCUT2D eigenvalue weighted by atomic mass is 127. The predicted octanol–water partition coefficient (Wildman–Crippen LogP) is 3.96. The summed E-state index contributed by atoms with van der Waals surface area (Å²) >= 11 is 2.12. The van der Waals surface area contributed by atoms with E-state index < -0.39 is 11.7 Å². The van der Waals surface area contributed by atoms with E-state index in [1.165, 1.54) is 0 Å². The summed E-state index contributed by atoms with van der Waals surface area (Å²) < 4.78 is 46.3. The summed E-state index contributed by atoms with van der Waals surface area (Å²) in [5, 5.41) is 3.33. The van der Waals surface area contributed by atoms with E-state index in [0.29, 0.717) is 24.1 Å². The maximum atomic E-state index is 13.3. The van der Waals surface area contributed by atoms with Crippen molar-refractivity contribution in [3.8, 4) is 0 Å². The minimum atomic E-state index is -4.39. The molecular formula is C13H11F3INO. The molecule has 102 valence electrons. The molecule has 2 nitrogen and oxygen atoms in total. The summed E-state index contributed by atoms with van der Waals surface area (Å²) in [5.74, 6) is 0.00301. The van der Waals surface area contributed by atoms with Gasteiger partial charge in [0, 0.05) is 21.1 Å². The zero-order valence-electron chi connectivity index (χ0n) is 10.1. The van der Waals surface area contributed by atoms with Crippen LogP contribution in [0.25, 0.3) is 11.0 Å². The van der Waals surface area contributed by atoms with E-state index in [-0.39, 0.29) is 5.76 Å². The highest BCUT2D eigenvalue weighted by Gasteiger charge is 2.56. The molecule has 1 N–H and O–H groups in total. The van der Waals surface area contributed by atoms with Gasteiger partial charge in [0.05, 0.1) is 0 Å². The van der Waals surface area contributed by atoms with Crippen molar-refractivity contribution in [3.63, 3.8) is 0 Å². The van der Waals surface area contributed by atoms with Crippen molar-refractivity contribution in [1.82, 2.24) is 5.32 Å². The number of hydrogen-bond acceptors (Lipinski definition) is 2. The van der Waals surface area contributed by atoms with E-state index in [9.17, 15) is 13.2 Å². The van der Waals surface area contributed by atoms with Crippen LogP contribution >= 0.6 is 22.6 Å². The molecule has 0 saturated heterocycles. The molecule has 0 amide bonds. The van der Waals surface area contributed by atoms with Crippen LogP contribution in [0.3, 0.4) is 0 Å². The Balaban J connectivity index is 2.29. The van der Waals surface area contributed by atoms with Crippen molar-refractivity contribution < 1.29 is 17.6 Å². The third kappa shape index (κ3) is 1.87. The zero-order chi connectivity index (χ0) is 13.8. The van der Waals surface area contributed by atoms with Crippen LogP contribution in [0.5, 0.6) is 0 Å². The lowest BCUT2D eigenvalue weighted by atomic mass is 9.88. The first kappa shape index (κ1) is 13.2. The lowest BCUT2D eigenvalue weighted by molar-refractivity contribution is -0.201. The summed E-state index contributed by atoms with van der Waals surface area (Å²) in [6.07, 6.45) is -3.84. The van der Waals surface area contributed by atoms with Crippen LogP contribution < -0.4 is 5.32 Å². The lowest BCUT2D eigenvalue weighted by Gasteiger charge is -2.35. The number of alkyl halides is 3. The van der Waals surface area contributed by atoms with Crippen LogP contribution in [0, 0.1) is 3.57 Å². The van der Waals surface area contributed by atoms with Gasteiger partial charge in [-0.15, -0.1) is 0 Å². The van der Waals surface area contributed by atoms with Crippen molar-refractivity contribution >= 4 is 33.6 Å². The van der Waals surface area contributed by atoms with Crippen LogP contribution in [-0.2, 0) is 12.0 Å². The average molecular weight is 381 g/mol. The van der Waals surface area contributed by atoms with Gasteiger partial charge in [0.1, 0.15) is 11.3 Å². The molecule has 0 radical (unpaired) electrons. The molecule has 1 atom stereocenters. The Bertz CT molecular complexity index is 649. The number of hydrogen-bond donors (Lipinski definition) is 1. The Morgan fingerprint density at radius 3 is 2.79 bits per heavy atom. The Kier molecular flexibility index (Phi) is 2.87. The van der Waals surface area contributed by atoms with Gasteiger partial charge in [-0.2, -0.15) is 13.2 Å². The summed E-state index contributed by atoms with van der Waals surface area (Å²) in [4.78, 5) is 0. The first-order chi connectivity index (χ1) is 8.83. The van der Waals surface area contributed by atoms with Crippen LogP contribution in [0.15, 0.2) is 22.6 Å². The quantitative estimate of drug-likeness (QED) is 0.699. The molecule has 0 aliphatic carbocycles. The molecule has 6 heteroatoms. The summed E-state index contributed by atoms with van der Waals surface area (Å²) in [6.45, 7) is 1.43. The Hall–Kier alpha value is -0.760.